The summed E-state index contributed by atoms with van der Waals surface area (Å²) in [5.74, 6) is 0.567. The highest BCUT2D eigenvalue weighted by molar-refractivity contribution is 8.00. The molecular formula is C20H24N2O5S. The Kier molecular flexibility index (Phi) is 6.61. The maximum Gasteiger partial charge on any atom is 0.328 e. The number of ether oxygens (including phenoxy) is 1. The molecular weight excluding hydrogens is 380 g/mol. The molecule has 0 spiro atoms. The van der Waals surface area contributed by atoms with Gasteiger partial charge in [0.2, 0.25) is 11.8 Å². The van der Waals surface area contributed by atoms with Gasteiger partial charge in [0.15, 0.2) is 0 Å². The zero-order chi connectivity index (χ0) is 20.1. The molecule has 3 rings (SSSR count). The third kappa shape index (κ3) is 4.67. The van der Waals surface area contributed by atoms with E-state index in [9.17, 15) is 14.4 Å². The molecule has 0 radical (unpaired) electrons. The number of carbonyl (C=O) groups is 3. The van der Waals surface area contributed by atoms with Crippen molar-refractivity contribution in [2.45, 2.75) is 37.6 Å². The van der Waals surface area contributed by atoms with Gasteiger partial charge in [0.05, 0.1) is 12.9 Å². The quantitative estimate of drug-likeness (QED) is 0.538. The number of thioether (sulfide) groups is 1. The van der Waals surface area contributed by atoms with Crippen LogP contribution in [0.2, 0.25) is 0 Å². The van der Waals surface area contributed by atoms with Crippen LogP contribution in [0, 0.1) is 0 Å². The molecule has 0 bridgehead atoms. The summed E-state index contributed by atoms with van der Waals surface area (Å²) in [7, 11) is 1.30. The highest BCUT2D eigenvalue weighted by atomic mass is 32.2. The van der Waals surface area contributed by atoms with E-state index < -0.39 is 12.0 Å². The first-order valence-electron chi connectivity index (χ1n) is 9.24. The van der Waals surface area contributed by atoms with E-state index in [2.05, 4.69) is 5.32 Å². The van der Waals surface area contributed by atoms with E-state index in [1.807, 2.05) is 35.2 Å². The summed E-state index contributed by atoms with van der Waals surface area (Å²) < 4.78 is 10.7. The summed E-state index contributed by atoms with van der Waals surface area (Å²) in [5, 5.41) is 3.49. The molecule has 2 heterocycles. The SMILES string of the molecule is COC(=O)C(CCCCN1C(=O)CSC1c1cc2ccccc2o1)NC(C)=O. The van der Waals surface area contributed by atoms with E-state index in [1.165, 1.54) is 14.0 Å². The predicted octanol–water partition coefficient (Wildman–Crippen LogP) is 2.85. The van der Waals surface area contributed by atoms with Gasteiger partial charge in [0.25, 0.3) is 0 Å². The Morgan fingerprint density at radius 3 is 2.86 bits per heavy atom. The van der Waals surface area contributed by atoms with Gasteiger partial charge >= 0.3 is 5.97 Å². The third-order valence-electron chi connectivity index (χ3n) is 4.66. The number of benzene rings is 1. The number of unbranched alkanes of at least 4 members (excludes halogenated alkanes) is 1. The minimum absolute atomic E-state index is 0.0850. The molecule has 0 saturated carbocycles. The number of furan rings is 1. The molecule has 1 aliphatic heterocycles. The molecule has 1 aliphatic rings. The zero-order valence-corrected chi connectivity index (χ0v) is 16.8. The summed E-state index contributed by atoms with van der Waals surface area (Å²) >= 11 is 1.56. The number of fused-ring (bicyclic) bond motifs is 1. The Bertz CT molecular complexity index is 832. The van der Waals surface area contributed by atoms with Crippen molar-refractivity contribution in [2.24, 2.45) is 0 Å². The highest BCUT2D eigenvalue weighted by Crippen LogP contribution is 2.40. The van der Waals surface area contributed by atoms with Gasteiger partial charge < -0.3 is 19.4 Å². The zero-order valence-electron chi connectivity index (χ0n) is 16.0. The summed E-state index contributed by atoms with van der Waals surface area (Å²) in [6.07, 6.45) is 1.87. The van der Waals surface area contributed by atoms with Crippen LogP contribution in [0.15, 0.2) is 34.7 Å². The third-order valence-corrected chi connectivity index (χ3v) is 5.88. The van der Waals surface area contributed by atoms with Gasteiger partial charge in [-0.25, -0.2) is 4.79 Å². The molecule has 2 aromatic rings. The highest BCUT2D eigenvalue weighted by Gasteiger charge is 2.34. The second-order valence-corrected chi connectivity index (χ2v) is 7.78. The van der Waals surface area contributed by atoms with Crippen LogP contribution in [0.1, 0.15) is 37.3 Å². The normalized spacial score (nSPS) is 17.7. The summed E-state index contributed by atoms with van der Waals surface area (Å²) in [6.45, 7) is 1.94. The first-order valence-corrected chi connectivity index (χ1v) is 10.3. The second-order valence-electron chi connectivity index (χ2n) is 6.71. The molecule has 2 amide bonds. The average molecular weight is 404 g/mol. The maximum absolute atomic E-state index is 12.3. The fourth-order valence-corrected chi connectivity index (χ4v) is 4.47. The lowest BCUT2D eigenvalue weighted by Gasteiger charge is -2.22. The van der Waals surface area contributed by atoms with Crippen LogP contribution >= 0.6 is 11.8 Å². The smallest absolute Gasteiger partial charge is 0.328 e. The van der Waals surface area contributed by atoms with Crippen LogP contribution in [0.5, 0.6) is 0 Å². The van der Waals surface area contributed by atoms with Gasteiger partial charge in [-0.15, -0.1) is 11.8 Å². The summed E-state index contributed by atoms with van der Waals surface area (Å²) in [5.41, 5.74) is 0.814. The van der Waals surface area contributed by atoms with Crippen molar-refractivity contribution in [2.75, 3.05) is 19.4 Å². The van der Waals surface area contributed by atoms with Crippen molar-refractivity contribution in [1.29, 1.82) is 0 Å². The van der Waals surface area contributed by atoms with Crippen molar-refractivity contribution in [1.82, 2.24) is 10.2 Å². The molecule has 2 atom stereocenters. The van der Waals surface area contributed by atoms with Crippen LogP contribution in [0.3, 0.4) is 0 Å². The Hall–Kier alpha value is -2.48. The average Bonchev–Trinajstić information content (AvgIpc) is 3.26. The largest absolute Gasteiger partial charge is 0.467 e. The topological polar surface area (TPSA) is 88.8 Å². The van der Waals surface area contributed by atoms with Crippen molar-refractivity contribution in [3.8, 4) is 0 Å². The lowest BCUT2D eigenvalue weighted by molar-refractivity contribution is -0.145. The fourth-order valence-electron chi connectivity index (χ4n) is 3.32. The van der Waals surface area contributed by atoms with E-state index in [1.54, 1.807) is 11.8 Å². The minimum atomic E-state index is -0.655. The van der Waals surface area contributed by atoms with Crippen LogP contribution in [-0.4, -0.2) is 48.1 Å². The van der Waals surface area contributed by atoms with Crippen LogP contribution < -0.4 is 5.32 Å². The number of hydrogen-bond acceptors (Lipinski definition) is 6. The van der Waals surface area contributed by atoms with Crippen molar-refractivity contribution >= 4 is 40.5 Å². The van der Waals surface area contributed by atoms with Gasteiger partial charge in [-0.2, -0.15) is 0 Å². The molecule has 1 fully saturated rings. The van der Waals surface area contributed by atoms with Gasteiger partial charge in [0, 0.05) is 18.9 Å². The maximum atomic E-state index is 12.3. The number of nitrogens with zero attached hydrogens (tertiary/aromatic N) is 1. The van der Waals surface area contributed by atoms with Crippen LogP contribution in [0.4, 0.5) is 0 Å². The molecule has 0 aliphatic carbocycles. The number of methoxy groups -OCH3 is 1. The van der Waals surface area contributed by atoms with E-state index in [0.717, 1.165) is 23.2 Å². The molecule has 150 valence electrons. The second kappa shape index (κ2) is 9.14. The Balaban J connectivity index is 1.58. The van der Waals surface area contributed by atoms with Crippen molar-refractivity contribution in [3.05, 3.63) is 36.1 Å². The first-order chi connectivity index (χ1) is 13.5. The predicted molar refractivity (Wildman–Crippen MR) is 107 cm³/mol. The Morgan fingerprint density at radius 2 is 2.14 bits per heavy atom. The van der Waals surface area contributed by atoms with E-state index in [-0.39, 0.29) is 17.2 Å². The van der Waals surface area contributed by atoms with Crippen molar-refractivity contribution in [3.63, 3.8) is 0 Å². The van der Waals surface area contributed by atoms with Crippen molar-refractivity contribution < 1.29 is 23.5 Å². The fraction of sp³-hybridized carbons (Fsp3) is 0.450. The number of esters is 1. The number of para-hydroxylation sites is 1. The Labute approximate surface area is 167 Å². The summed E-state index contributed by atoms with van der Waals surface area (Å²) in [4.78, 5) is 37.2. The lowest BCUT2D eigenvalue weighted by Crippen LogP contribution is -2.40. The van der Waals surface area contributed by atoms with E-state index in [4.69, 9.17) is 9.15 Å². The van der Waals surface area contributed by atoms with Gasteiger partial charge in [-0.3, -0.25) is 9.59 Å². The summed E-state index contributed by atoms with van der Waals surface area (Å²) in [6, 6.07) is 9.12. The van der Waals surface area contributed by atoms with E-state index >= 15 is 0 Å². The number of nitrogens with one attached hydrogen (secondary N) is 1. The number of hydrogen-bond donors (Lipinski definition) is 1. The number of carbonyl (C=O) groups excluding carboxylic acids is 3. The number of rotatable bonds is 8. The number of amides is 2. The monoisotopic (exact) mass is 404 g/mol. The van der Waals surface area contributed by atoms with E-state index in [0.29, 0.717) is 25.1 Å². The molecule has 1 aromatic carbocycles. The molecule has 7 nitrogen and oxygen atoms in total. The van der Waals surface area contributed by atoms with Gasteiger partial charge in [0.1, 0.15) is 22.8 Å². The van der Waals surface area contributed by atoms with Crippen LogP contribution in [-0.2, 0) is 19.1 Å². The first kappa shape index (κ1) is 20.3. The minimum Gasteiger partial charge on any atom is -0.467 e. The molecule has 28 heavy (non-hydrogen) atoms. The molecule has 1 N–H and O–H groups in total. The molecule has 8 heteroatoms. The Morgan fingerprint density at radius 1 is 1.36 bits per heavy atom. The van der Waals surface area contributed by atoms with Gasteiger partial charge in [-0.1, -0.05) is 18.2 Å². The molecule has 2 unspecified atom stereocenters. The standard InChI is InChI=1S/C20H24N2O5S/c1-13(23)21-15(20(25)26-2)8-5-6-10-22-18(24)12-28-19(22)17-11-14-7-3-4-9-16(14)27-17/h3-4,7,9,11,15,19H,5-6,8,10,12H2,1-2H3,(H,21,23). The lowest BCUT2D eigenvalue weighted by atomic mass is 10.1. The molecule has 1 saturated heterocycles. The molecule has 1 aromatic heterocycles. The van der Waals surface area contributed by atoms with Gasteiger partial charge in [-0.05, 0) is 31.4 Å². The van der Waals surface area contributed by atoms with Crippen LogP contribution in [0.25, 0.3) is 11.0 Å².